The summed E-state index contributed by atoms with van der Waals surface area (Å²) in [5.41, 5.74) is 1.20. The fraction of sp³-hybridized carbons (Fsp3) is 0.714. The quantitative estimate of drug-likeness (QED) is 0.766. The number of hydrogen-bond acceptors (Lipinski definition) is 2. The molecule has 1 N–H and O–H groups in total. The molecule has 0 aromatic rings. The van der Waals surface area contributed by atoms with Crippen LogP contribution in [0.15, 0.2) is 11.6 Å². The molecule has 1 aliphatic carbocycles. The van der Waals surface area contributed by atoms with Gasteiger partial charge in [0.05, 0.1) is 0 Å². The van der Waals surface area contributed by atoms with E-state index >= 15 is 0 Å². The van der Waals surface area contributed by atoms with Crippen molar-refractivity contribution in [3.63, 3.8) is 0 Å². The molecular formula is C14H21NO3. The van der Waals surface area contributed by atoms with Crippen LogP contribution in [0.5, 0.6) is 0 Å². The zero-order valence-electron chi connectivity index (χ0n) is 10.7. The molecule has 18 heavy (non-hydrogen) atoms. The average Bonchev–Trinajstić information content (AvgIpc) is 2.40. The Morgan fingerprint density at radius 1 is 1.11 bits per heavy atom. The smallest absolute Gasteiger partial charge is 0.326 e. The Morgan fingerprint density at radius 3 is 2.50 bits per heavy atom. The molecule has 1 atom stereocenters. The largest absolute Gasteiger partial charge is 0.480 e. The topological polar surface area (TPSA) is 57.6 Å². The first-order valence-corrected chi connectivity index (χ1v) is 6.91. The van der Waals surface area contributed by atoms with Crippen molar-refractivity contribution < 1.29 is 14.7 Å². The molecule has 0 bridgehead atoms. The van der Waals surface area contributed by atoms with E-state index in [4.69, 9.17) is 5.11 Å². The number of carbonyl (C=O) groups is 2. The van der Waals surface area contributed by atoms with Gasteiger partial charge < -0.3 is 10.0 Å². The zero-order chi connectivity index (χ0) is 13.0. The van der Waals surface area contributed by atoms with Crippen molar-refractivity contribution in [2.75, 3.05) is 6.54 Å². The van der Waals surface area contributed by atoms with Crippen molar-refractivity contribution in [3.05, 3.63) is 11.6 Å². The van der Waals surface area contributed by atoms with Gasteiger partial charge in [0.25, 0.3) is 0 Å². The second kappa shape index (κ2) is 6.03. The van der Waals surface area contributed by atoms with Gasteiger partial charge in [0.2, 0.25) is 5.91 Å². The van der Waals surface area contributed by atoms with Gasteiger partial charge >= 0.3 is 5.97 Å². The number of rotatable bonds is 2. The highest BCUT2D eigenvalue weighted by Gasteiger charge is 2.31. The summed E-state index contributed by atoms with van der Waals surface area (Å²) in [6, 6.07) is -0.619. The van der Waals surface area contributed by atoms with E-state index < -0.39 is 12.0 Å². The van der Waals surface area contributed by atoms with Crippen molar-refractivity contribution in [2.24, 2.45) is 0 Å². The van der Waals surface area contributed by atoms with Crippen LogP contribution in [0.2, 0.25) is 0 Å². The Morgan fingerprint density at radius 2 is 1.83 bits per heavy atom. The third kappa shape index (κ3) is 3.12. The number of aliphatic carboxylic acids is 1. The molecule has 0 radical (unpaired) electrons. The number of likely N-dealkylation sites (tertiary alicyclic amines) is 1. The normalized spacial score (nSPS) is 24.8. The predicted octanol–water partition coefficient (Wildman–Crippen LogP) is 2.34. The Bertz CT molecular complexity index is 354. The molecule has 2 fully saturated rings. The van der Waals surface area contributed by atoms with Crippen molar-refractivity contribution in [2.45, 2.75) is 57.4 Å². The van der Waals surface area contributed by atoms with Gasteiger partial charge in [-0.15, -0.1) is 0 Å². The summed E-state index contributed by atoms with van der Waals surface area (Å²) in [5, 5.41) is 9.15. The Labute approximate surface area is 108 Å². The van der Waals surface area contributed by atoms with Crippen molar-refractivity contribution >= 4 is 11.9 Å². The molecule has 0 spiro atoms. The highest BCUT2D eigenvalue weighted by molar-refractivity contribution is 5.91. The van der Waals surface area contributed by atoms with E-state index in [0.29, 0.717) is 13.0 Å². The lowest BCUT2D eigenvalue weighted by Gasteiger charge is -2.32. The van der Waals surface area contributed by atoms with E-state index in [2.05, 4.69) is 0 Å². The molecule has 1 saturated carbocycles. The zero-order valence-corrected chi connectivity index (χ0v) is 10.7. The van der Waals surface area contributed by atoms with E-state index in [9.17, 15) is 9.59 Å². The van der Waals surface area contributed by atoms with Crippen LogP contribution in [-0.4, -0.2) is 34.5 Å². The Kier molecular flexibility index (Phi) is 4.39. The maximum absolute atomic E-state index is 12.2. The lowest BCUT2D eigenvalue weighted by molar-refractivity contribution is -0.150. The van der Waals surface area contributed by atoms with Crippen molar-refractivity contribution in [1.82, 2.24) is 4.90 Å². The molecule has 2 rings (SSSR count). The number of carbonyl (C=O) groups excluding carboxylic acids is 1. The SMILES string of the molecule is O=C(O)C1CCCCN1C(=O)C=C1CCCCC1. The molecule has 1 amide bonds. The van der Waals surface area contributed by atoms with Crippen LogP contribution in [0.1, 0.15) is 51.4 Å². The summed E-state index contributed by atoms with van der Waals surface area (Å²) in [7, 11) is 0. The Hall–Kier alpha value is -1.32. The van der Waals surface area contributed by atoms with Crippen LogP contribution < -0.4 is 0 Å². The third-order valence-electron chi connectivity index (χ3n) is 3.89. The molecule has 2 aliphatic rings. The number of piperidine rings is 1. The number of carboxylic acids is 1. The fourth-order valence-electron chi connectivity index (χ4n) is 2.86. The third-order valence-corrected chi connectivity index (χ3v) is 3.89. The monoisotopic (exact) mass is 251 g/mol. The molecular weight excluding hydrogens is 230 g/mol. The maximum atomic E-state index is 12.2. The molecule has 100 valence electrons. The first-order valence-electron chi connectivity index (χ1n) is 6.91. The molecule has 1 saturated heterocycles. The van der Waals surface area contributed by atoms with Gasteiger partial charge in [0.1, 0.15) is 6.04 Å². The van der Waals surface area contributed by atoms with Crippen LogP contribution in [-0.2, 0) is 9.59 Å². The molecule has 1 unspecified atom stereocenters. The van der Waals surface area contributed by atoms with Crippen LogP contribution >= 0.6 is 0 Å². The molecule has 1 aliphatic heterocycles. The van der Waals surface area contributed by atoms with E-state index in [0.717, 1.165) is 38.5 Å². The number of carboxylic acid groups (broad SMARTS) is 1. The Balaban J connectivity index is 2.03. The summed E-state index contributed by atoms with van der Waals surface area (Å²) in [6.07, 6.45) is 9.64. The van der Waals surface area contributed by atoms with Crippen LogP contribution in [0, 0.1) is 0 Å². The summed E-state index contributed by atoms with van der Waals surface area (Å²) in [6.45, 7) is 0.583. The summed E-state index contributed by atoms with van der Waals surface area (Å²) < 4.78 is 0. The van der Waals surface area contributed by atoms with Crippen molar-refractivity contribution in [1.29, 1.82) is 0 Å². The number of allylic oxidation sites excluding steroid dienone is 1. The minimum absolute atomic E-state index is 0.0981. The van der Waals surface area contributed by atoms with Crippen LogP contribution in [0.25, 0.3) is 0 Å². The minimum atomic E-state index is -0.870. The number of amides is 1. The highest BCUT2D eigenvalue weighted by atomic mass is 16.4. The number of hydrogen-bond donors (Lipinski definition) is 1. The second-order valence-electron chi connectivity index (χ2n) is 5.24. The lowest BCUT2D eigenvalue weighted by Crippen LogP contribution is -2.47. The molecule has 0 aromatic heterocycles. The van der Waals surface area contributed by atoms with Gasteiger partial charge in [-0.25, -0.2) is 4.79 Å². The van der Waals surface area contributed by atoms with Gasteiger partial charge in [-0.3, -0.25) is 4.79 Å². The van der Waals surface area contributed by atoms with Crippen LogP contribution in [0.4, 0.5) is 0 Å². The van der Waals surface area contributed by atoms with Gasteiger partial charge in [0, 0.05) is 12.6 Å². The predicted molar refractivity (Wildman–Crippen MR) is 68.2 cm³/mol. The van der Waals surface area contributed by atoms with Gasteiger partial charge in [-0.2, -0.15) is 0 Å². The van der Waals surface area contributed by atoms with E-state index in [1.807, 2.05) is 0 Å². The average molecular weight is 251 g/mol. The van der Waals surface area contributed by atoms with E-state index in [-0.39, 0.29) is 5.91 Å². The van der Waals surface area contributed by atoms with E-state index in [1.165, 1.54) is 16.9 Å². The summed E-state index contributed by atoms with van der Waals surface area (Å²) in [5.74, 6) is -0.968. The van der Waals surface area contributed by atoms with Crippen LogP contribution in [0.3, 0.4) is 0 Å². The first kappa shape index (κ1) is 13.1. The highest BCUT2D eigenvalue weighted by Crippen LogP contribution is 2.24. The second-order valence-corrected chi connectivity index (χ2v) is 5.24. The van der Waals surface area contributed by atoms with E-state index in [1.54, 1.807) is 6.08 Å². The van der Waals surface area contributed by atoms with Gasteiger partial charge in [-0.05, 0) is 44.9 Å². The first-order chi connectivity index (χ1) is 8.68. The molecule has 4 heteroatoms. The molecule has 0 aromatic carbocycles. The summed E-state index contributed by atoms with van der Waals surface area (Å²) >= 11 is 0. The lowest BCUT2D eigenvalue weighted by atomic mass is 9.94. The number of nitrogens with zero attached hydrogens (tertiary/aromatic N) is 1. The standard InChI is InChI=1S/C14H21NO3/c16-13(10-11-6-2-1-3-7-11)15-9-5-4-8-12(15)14(17)18/h10,12H,1-9H2,(H,17,18). The fourth-order valence-corrected chi connectivity index (χ4v) is 2.86. The molecule has 4 nitrogen and oxygen atoms in total. The van der Waals surface area contributed by atoms with Gasteiger partial charge in [0.15, 0.2) is 0 Å². The molecule has 1 heterocycles. The maximum Gasteiger partial charge on any atom is 0.326 e. The minimum Gasteiger partial charge on any atom is -0.480 e. The van der Waals surface area contributed by atoms with Gasteiger partial charge in [-0.1, -0.05) is 12.0 Å². The van der Waals surface area contributed by atoms with Crippen molar-refractivity contribution in [3.8, 4) is 0 Å². The summed E-state index contributed by atoms with van der Waals surface area (Å²) in [4.78, 5) is 24.8.